The van der Waals surface area contributed by atoms with Gasteiger partial charge in [0.05, 0.1) is 0 Å². The van der Waals surface area contributed by atoms with Crippen molar-refractivity contribution >= 4 is 0 Å². The molecule has 3 unspecified atom stereocenters. The van der Waals surface area contributed by atoms with Crippen molar-refractivity contribution in [2.75, 3.05) is 0 Å². The molecule has 82 valence electrons. The topological polar surface area (TPSA) is 12.0 Å². The SMILES string of the molecule is CC(Cc1ccc(F)cc1)NC1CC1C. The minimum Gasteiger partial charge on any atom is -0.311 e. The normalized spacial score (nSPS) is 26.3. The summed E-state index contributed by atoms with van der Waals surface area (Å²) in [6.07, 6.45) is 2.28. The second-order valence-corrected chi connectivity index (χ2v) is 4.72. The fraction of sp³-hybridized carbons (Fsp3) is 0.538. The van der Waals surface area contributed by atoms with E-state index in [1.807, 2.05) is 12.1 Å². The van der Waals surface area contributed by atoms with Crippen molar-refractivity contribution < 1.29 is 4.39 Å². The summed E-state index contributed by atoms with van der Waals surface area (Å²) in [4.78, 5) is 0. The van der Waals surface area contributed by atoms with Crippen LogP contribution in [0.3, 0.4) is 0 Å². The average molecular weight is 207 g/mol. The molecule has 0 spiro atoms. The second-order valence-electron chi connectivity index (χ2n) is 4.72. The summed E-state index contributed by atoms with van der Waals surface area (Å²) in [5.74, 6) is 0.677. The molecule has 0 bridgehead atoms. The molecule has 1 aromatic rings. The Hall–Kier alpha value is -0.890. The zero-order valence-corrected chi connectivity index (χ0v) is 9.33. The molecule has 1 N–H and O–H groups in total. The molecule has 0 aliphatic heterocycles. The van der Waals surface area contributed by atoms with Gasteiger partial charge in [-0.3, -0.25) is 0 Å². The lowest BCUT2D eigenvalue weighted by Crippen LogP contribution is -2.30. The number of hydrogen-bond acceptors (Lipinski definition) is 1. The van der Waals surface area contributed by atoms with Crippen LogP contribution in [0.5, 0.6) is 0 Å². The molecule has 1 fully saturated rings. The molecule has 0 amide bonds. The van der Waals surface area contributed by atoms with Gasteiger partial charge in [-0.1, -0.05) is 19.1 Å². The summed E-state index contributed by atoms with van der Waals surface area (Å²) in [5.41, 5.74) is 1.20. The van der Waals surface area contributed by atoms with E-state index in [0.29, 0.717) is 12.1 Å². The van der Waals surface area contributed by atoms with Gasteiger partial charge in [0.1, 0.15) is 5.82 Å². The Morgan fingerprint density at radius 2 is 2.00 bits per heavy atom. The van der Waals surface area contributed by atoms with Gasteiger partial charge >= 0.3 is 0 Å². The summed E-state index contributed by atoms with van der Waals surface area (Å²) in [5, 5.41) is 3.57. The molecule has 1 aliphatic rings. The van der Waals surface area contributed by atoms with Crippen molar-refractivity contribution in [2.45, 2.75) is 38.8 Å². The molecule has 1 aliphatic carbocycles. The van der Waals surface area contributed by atoms with Gasteiger partial charge in [0.25, 0.3) is 0 Å². The summed E-state index contributed by atoms with van der Waals surface area (Å²) in [6, 6.07) is 7.97. The number of halogens is 1. The Kier molecular flexibility index (Phi) is 3.06. The van der Waals surface area contributed by atoms with Crippen LogP contribution >= 0.6 is 0 Å². The third kappa shape index (κ3) is 3.03. The predicted octanol–water partition coefficient (Wildman–Crippen LogP) is 2.75. The van der Waals surface area contributed by atoms with Gasteiger partial charge in [-0.15, -0.1) is 0 Å². The maximum Gasteiger partial charge on any atom is 0.123 e. The average Bonchev–Trinajstić information content (AvgIpc) is 2.86. The minimum atomic E-state index is -0.157. The van der Waals surface area contributed by atoms with Gasteiger partial charge in [-0.25, -0.2) is 4.39 Å². The third-order valence-electron chi connectivity index (χ3n) is 3.06. The highest BCUT2D eigenvalue weighted by Crippen LogP contribution is 2.29. The first-order valence-corrected chi connectivity index (χ1v) is 5.65. The lowest BCUT2D eigenvalue weighted by Gasteiger charge is -2.13. The van der Waals surface area contributed by atoms with E-state index in [9.17, 15) is 4.39 Å². The molecule has 0 aromatic heterocycles. The highest BCUT2D eigenvalue weighted by atomic mass is 19.1. The Bertz CT molecular complexity index is 320. The molecule has 2 heteroatoms. The van der Waals surface area contributed by atoms with Gasteiger partial charge in [0, 0.05) is 12.1 Å². The Balaban J connectivity index is 1.82. The van der Waals surface area contributed by atoms with Crippen molar-refractivity contribution in [3.63, 3.8) is 0 Å². The standard InChI is InChI=1S/C13H18FN/c1-9-7-13(9)15-10(2)8-11-3-5-12(14)6-4-11/h3-6,9-10,13,15H,7-8H2,1-2H3. The van der Waals surface area contributed by atoms with Gasteiger partial charge in [-0.2, -0.15) is 0 Å². The summed E-state index contributed by atoms with van der Waals surface area (Å²) >= 11 is 0. The van der Waals surface area contributed by atoms with Crippen molar-refractivity contribution in [3.05, 3.63) is 35.6 Å². The lowest BCUT2D eigenvalue weighted by molar-refractivity contribution is 0.526. The van der Waals surface area contributed by atoms with Crippen molar-refractivity contribution in [1.29, 1.82) is 0 Å². The van der Waals surface area contributed by atoms with Gasteiger partial charge in [-0.05, 0) is 43.4 Å². The van der Waals surface area contributed by atoms with Gasteiger partial charge in [0.15, 0.2) is 0 Å². The first kappa shape index (κ1) is 10.6. The van der Waals surface area contributed by atoms with E-state index in [2.05, 4.69) is 19.2 Å². The Morgan fingerprint density at radius 3 is 2.53 bits per heavy atom. The van der Waals surface area contributed by atoms with E-state index in [0.717, 1.165) is 12.3 Å². The fourth-order valence-corrected chi connectivity index (χ4v) is 1.95. The molecule has 1 nitrogen and oxygen atoms in total. The maximum absolute atomic E-state index is 12.7. The second kappa shape index (κ2) is 4.31. The monoisotopic (exact) mass is 207 g/mol. The van der Waals surface area contributed by atoms with Crippen LogP contribution in [-0.2, 0) is 6.42 Å². The van der Waals surface area contributed by atoms with Crippen molar-refractivity contribution in [3.8, 4) is 0 Å². The molecule has 2 rings (SSSR count). The van der Waals surface area contributed by atoms with Crippen molar-refractivity contribution in [2.24, 2.45) is 5.92 Å². The number of nitrogens with one attached hydrogen (secondary N) is 1. The van der Waals surface area contributed by atoms with Gasteiger partial charge < -0.3 is 5.32 Å². The van der Waals surface area contributed by atoms with Crippen LogP contribution in [0, 0.1) is 11.7 Å². The highest BCUT2D eigenvalue weighted by molar-refractivity contribution is 5.17. The molecular formula is C13H18FN. The zero-order valence-electron chi connectivity index (χ0n) is 9.33. The molecule has 1 aromatic carbocycles. The molecule has 0 saturated heterocycles. The van der Waals surface area contributed by atoms with Crippen LogP contribution in [0.2, 0.25) is 0 Å². The van der Waals surface area contributed by atoms with E-state index in [1.54, 1.807) is 0 Å². The van der Waals surface area contributed by atoms with Crippen LogP contribution < -0.4 is 5.32 Å². The summed E-state index contributed by atoms with van der Waals surface area (Å²) < 4.78 is 12.7. The largest absolute Gasteiger partial charge is 0.311 e. The predicted molar refractivity (Wildman–Crippen MR) is 60.3 cm³/mol. The van der Waals surface area contributed by atoms with Crippen LogP contribution in [0.25, 0.3) is 0 Å². The Morgan fingerprint density at radius 1 is 1.40 bits per heavy atom. The van der Waals surface area contributed by atoms with Crippen LogP contribution in [0.1, 0.15) is 25.8 Å². The molecule has 15 heavy (non-hydrogen) atoms. The third-order valence-corrected chi connectivity index (χ3v) is 3.06. The van der Waals surface area contributed by atoms with Crippen LogP contribution in [-0.4, -0.2) is 12.1 Å². The first-order valence-electron chi connectivity index (χ1n) is 5.65. The van der Waals surface area contributed by atoms with E-state index < -0.39 is 0 Å². The summed E-state index contributed by atoms with van der Waals surface area (Å²) in [6.45, 7) is 4.46. The smallest absolute Gasteiger partial charge is 0.123 e. The fourth-order valence-electron chi connectivity index (χ4n) is 1.95. The summed E-state index contributed by atoms with van der Waals surface area (Å²) in [7, 11) is 0. The molecule has 0 radical (unpaired) electrons. The Labute approximate surface area is 90.7 Å². The molecular weight excluding hydrogens is 189 g/mol. The minimum absolute atomic E-state index is 0.157. The number of rotatable bonds is 4. The molecule has 0 heterocycles. The van der Waals surface area contributed by atoms with Gasteiger partial charge in [0.2, 0.25) is 0 Å². The molecule has 3 atom stereocenters. The molecule has 1 saturated carbocycles. The van der Waals surface area contributed by atoms with E-state index in [4.69, 9.17) is 0 Å². The first-order chi connectivity index (χ1) is 7.15. The maximum atomic E-state index is 12.7. The van der Waals surface area contributed by atoms with E-state index in [1.165, 1.54) is 24.1 Å². The highest BCUT2D eigenvalue weighted by Gasteiger charge is 2.32. The van der Waals surface area contributed by atoms with Crippen LogP contribution in [0.15, 0.2) is 24.3 Å². The van der Waals surface area contributed by atoms with E-state index in [-0.39, 0.29) is 5.82 Å². The van der Waals surface area contributed by atoms with Crippen molar-refractivity contribution in [1.82, 2.24) is 5.32 Å². The quantitative estimate of drug-likeness (QED) is 0.800. The van der Waals surface area contributed by atoms with Crippen LogP contribution in [0.4, 0.5) is 4.39 Å². The number of hydrogen-bond donors (Lipinski definition) is 1. The lowest BCUT2D eigenvalue weighted by atomic mass is 10.1. The zero-order chi connectivity index (χ0) is 10.8. The number of benzene rings is 1. The van der Waals surface area contributed by atoms with E-state index >= 15 is 0 Å².